The van der Waals surface area contributed by atoms with Gasteiger partial charge in [-0.1, -0.05) is 18.7 Å². The molecule has 1 heterocycles. The number of aryl methyl sites for hydroxylation is 1. The SMILES string of the molecule is CCNC(C)c1cc(F)c(C)cc1Sc1ncccc1Br. The number of rotatable bonds is 5. The molecule has 0 aliphatic heterocycles. The molecule has 1 atom stereocenters. The lowest BCUT2D eigenvalue weighted by molar-refractivity contribution is 0.571. The number of hydrogen-bond acceptors (Lipinski definition) is 3. The van der Waals surface area contributed by atoms with Crippen molar-refractivity contribution in [2.45, 2.75) is 36.7 Å². The molecule has 2 aromatic rings. The molecule has 1 aromatic carbocycles. The predicted molar refractivity (Wildman–Crippen MR) is 89.3 cm³/mol. The van der Waals surface area contributed by atoms with Gasteiger partial charge in [0.05, 0.1) is 4.47 Å². The second-order valence-electron chi connectivity index (χ2n) is 4.81. The Balaban J connectivity index is 2.41. The minimum Gasteiger partial charge on any atom is -0.310 e. The summed E-state index contributed by atoms with van der Waals surface area (Å²) in [6.45, 7) is 6.72. The Labute approximate surface area is 137 Å². The number of aromatic nitrogens is 1. The lowest BCUT2D eigenvalue weighted by Gasteiger charge is -2.18. The van der Waals surface area contributed by atoms with Crippen LogP contribution in [0.2, 0.25) is 0 Å². The maximum Gasteiger partial charge on any atom is 0.126 e. The minimum atomic E-state index is -0.167. The molecule has 1 aromatic heterocycles. The molecule has 1 unspecified atom stereocenters. The number of pyridine rings is 1. The van der Waals surface area contributed by atoms with Gasteiger partial charge in [0, 0.05) is 17.1 Å². The first-order valence-corrected chi connectivity index (χ1v) is 8.45. The summed E-state index contributed by atoms with van der Waals surface area (Å²) in [5, 5.41) is 4.22. The lowest BCUT2D eigenvalue weighted by atomic mass is 10.1. The van der Waals surface area contributed by atoms with Gasteiger partial charge in [-0.2, -0.15) is 0 Å². The summed E-state index contributed by atoms with van der Waals surface area (Å²) < 4.78 is 14.9. The molecule has 1 N–H and O–H groups in total. The summed E-state index contributed by atoms with van der Waals surface area (Å²) in [6.07, 6.45) is 1.76. The highest BCUT2D eigenvalue weighted by atomic mass is 79.9. The van der Waals surface area contributed by atoms with Crippen molar-refractivity contribution in [2.24, 2.45) is 0 Å². The lowest BCUT2D eigenvalue weighted by Crippen LogP contribution is -2.18. The number of benzene rings is 1. The van der Waals surface area contributed by atoms with Gasteiger partial charge >= 0.3 is 0 Å². The summed E-state index contributed by atoms with van der Waals surface area (Å²) in [5.74, 6) is -0.167. The first-order chi connectivity index (χ1) is 10.0. The molecule has 0 saturated heterocycles. The van der Waals surface area contributed by atoms with Crippen LogP contribution in [0.1, 0.15) is 31.0 Å². The Morgan fingerprint density at radius 3 is 2.86 bits per heavy atom. The maximum absolute atomic E-state index is 13.9. The van der Waals surface area contributed by atoms with Crippen LogP contribution in [-0.2, 0) is 0 Å². The van der Waals surface area contributed by atoms with Crippen LogP contribution >= 0.6 is 27.7 Å². The highest BCUT2D eigenvalue weighted by Gasteiger charge is 2.15. The second kappa shape index (κ2) is 7.38. The monoisotopic (exact) mass is 368 g/mol. The molecule has 0 saturated carbocycles. The smallest absolute Gasteiger partial charge is 0.126 e. The van der Waals surface area contributed by atoms with Crippen LogP contribution in [0.3, 0.4) is 0 Å². The zero-order valence-electron chi connectivity index (χ0n) is 12.3. The van der Waals surface area contributed by atoms with E-state index in [0.29, 0.717) is 5.56 Å². The van der Waals surface area contributed by atoms with Gasteiger partial charge in [0.2, 0.25) is 0 Å². The van der Waals surface area contributed by atoms with Crippen LogP contribution < -0.4 is 5.32 Å². The van der Waals surface area contributed by atoms with Crippen molar-refractivity contribution < 1.29 is 4.39 Å². The van der Waals surface area contributed by atoms with Gasteiger partial charge in [0.1, 0.15) is 10.8 Å². The minimum absolute atomic E-state index is 0.0927. The molecule has 0 fully saturated rings. The number of nitrogens with one attached hydrogen (secondary N) is 1. The largest absolute Gasteiger partial charge is 0.310 e. The molecular weight excluding hydrogens is 351 g/mol. The Bertz CT molecular complexity index is 634. The van der Waals surface area contributed by atoms with E-state index in [1.165, 1.54) is 0 Å². The summed E-state index contributed by atoms with van der Waals surface area (Å²) >= 11 is 5.06. The third kappa shape index (κ3) is 4.05. The average Bonchev–Trinajstić information content (AvgIpc) is 2.45. The molecule has 2 nitrogen and oxygen atoms in total. The highest BCUT2D eigenvalue weighted by Crippen LogP contribution is 2.36. The van der Waals surface area contributed by atoms with Crippen molar-refractivity contribution in [3.8, 4) is 0 Å². The molecule has 21 heavy (non-hydrogen) atoms. The van der Waals surface area contributed by atoms with Crippen molar-refractivity contribution in [1.82, 2.24) is 10.3 Å². The summed E-state index contributed by atoms with van der Waals surface area (Å²) in [4.78, 5) is 5.40. The summed E-state index contributed by atoms with van der Waals surface area (Å²) in [5.41, 5.74) is 1.61. The van der Waals surface area contributed by atoms with E-state index in [4.69, 9.17) is 0 Å². The van der Waals surface area contributed by atoms with E-state index in [0.717, 1.165) is 26.5 Å². The van der Waals surface area contributed by atoms with E-state index in [1.807, 2.05) is 32.0 Å². The van der Waals surface area contributed by atoms with Crippen LogP contribution in [0.4, 0.5) is 4.39 Å². The topological polar surface area (TPSA) is 24.9 Å². The van der Waals surface area contributed by atoms with Gasteiger partial charge in [-0.25, -0.2) is 9.37 Å². The zero-order chi connectivity index (χ0) is 15.4. The molecule has 0 radical (unpaired) electrons. The van der Waals surface area contributed by atoms with E-state index in [1.54, 1.807) is 30.9 Å². The molecule has 2 rings (SSSR count). The van der Waals surface area contributed by atoms with Crippen LogP contribution in [0.15, 0.2) is 44.9 Å². The molecule has 112 valence electrons. The van der Waals surface area contributed by atoms with Gasteiger partial charge in [-0.15, -0.1) is 0 Å². The van der Waals surface area contributed by atoms with Crippen molar-refractivity contribution in [1.29, 1.82) is 0 Å². The van der Waals surface area contributed by atoms with Crippen LogP contribution in [0, 0.1) is 12.7 Å². The molecule has 0 spiro atoms. The normalized spacial score (nSPS) is 12.4. The van der Waals surface area contributed by atoms with Gasteiger partial charge in [0.15, 0.2) is 0 Å². The second-order valence-corrected chi connectivity index (χ2v) is 6.70. The maximum atomic E-state index is 13.9. The van der Waals surface area contributed by atoms with Gasteiger partial charge in [0.25, 0.3) is 0 Å². The third-order valence-corrected chi connectivity index (χ3v) is 5.19. The van der Waals surface area contributed by atoms with Crippen LogP contribution in [0.25, 0.3) is 0 Å². The average molecular weight is 369 g/mol. The van der Waals surface area contributed by atoms with E-state index in [9.17, 15) is 4.39 Å². The van der Waals surface area contributed by atoms with Gasteiger partial charge in [-0.05, 0) is 71.7 Å². The fourth-order valence-corrected chi connectivity index (χ4v) is 3.64. The first kappa shape index (κ1) is 16.5. The standard InChI is InChI=1S/C16H18BrFN2S/c1-4-19-11(3)12-9-14(18)10(2)8-15(12)21-16-13(17)6-5-7-20-16/h5-9,11,19H,4H2,1-3H3. The highest BCUT2D eigenvalue weighted by molar-refractivity contribution is 9.10. The molecular formula is C16H18BrFN2S. The van der Waals surface area contributed by atoms with Gasteiger partial charge in [-0.3, -0.25) is 0 Å². The third-order valence-electron chi connectivity index (χ3n) is 3.20. The first-order valence-electron chi connectivity index (χ1n) is 6.84. The molecule has 0 bridgehead atoms. The van der Waals surface area contributed by atoms with Crippen molar-refractivity contribution >= 4 is 27.7 Å². The van der Waals surface area contributed by atoms with Crippen molar-refractivity contribution in [3.05, 3.63) is 51.9 Å². The van der Waals surface area contributed by atoms with Gasteiger partial charge < -0.3 is 5.32 Å². The summed E-state index contributed by atoms with van der Waals surface area (Å²) in [7, 11) is 0. The number of halogens is 2. The fraction of sp³-hybridized carbons (Fsp3) is 0.312. The van der Waals surface area contributed by atoms with E-state index < -0.39 is 0 Å². The Morgan fingerprint density at radius 1 is 1.43 bits per heavy atom. The molecule has 0 amide bonds. The predicted octanol–water partition coefficient (Wildman–Crippen LogP) is 5.11. The van der Waals surface area contributed by atoms with Crippen molar-refractivity contribution in [2.75, 3.05) is 6.54 Å². The van der Waals surface area contributed by atoms with E-state index in [2.05, 4.69) is 26.2 Å². The molecule has 0 aliphatic rings. The molecule has 0 aliphatic carbocycles. The Hall–Kier alpha value is -0.910. The number of nitrogens with zero attached hydrogens (tertiary/aromatic N) is 1. The number of hydrogen-bond donors (Lipinski definition) is 1. The fourth-order valence-electron chi connectivity index (χ4n) is 2.06. The Morgan fingerprint density at radius 2 is 2.19 bits per heavy atom. The molecule has 5 heteroatoms. The van der Waals surface area contributed by atoms with E-state index >= 15 is 0 Å². The quantitative estimate of drug-likeness (QED) is 0.793. The Kier molecular flexibility index (Phi) is 5.79. The van der Waals surface area contributed by atoms with E-state index in [-0.39, 0.29) is 11.9 Å². The van der Waals surface area contributed by atoms with Crippen LogP contribution in [0.5, 0.6) is 0 Å². The van der Waals surface area contributed by atoms with Crippen LogP contribution in [-0.4, -0.2) is 11.5 Å². The van der Waals surface area contributed by atoms with Crippen molar-refractivity contribution in [3.63, 3.8) is 0 Å². The summed E-state index contributed by atoms with van der Waals surface area (Å²) in [6, 6.07) is 7.45. The zero-order valence-corrected chi connectivity index (χ0v) is 14.7.